The molecular weight excluding hydrogens is 254 g/mol. The fraction of sp³-hybridized carbons (Fsp3) is 0.562. The minimum absolute atomic E-state index is 0.0222. The molecule has 0 saturated carbocycles. The zero-order valence-corrected chi connectivity index (χ0v) is 12.6. The fourth-order valence-electron chi connectivity index (χ4n) is 2.04. The number of benzene rings is 1. The molecular formula is C16H25NO3. The first-order chi connectivity index (χ1) is 9.63. The van der Waals surface area contributed by atoms with E-state index in [9.17, 15) is 4.79 Å². The maximum atomic E-state index is 12.3. The van der Waals surface area contributed by atoms with Crippen molar-refractivity contribution in [1.82, 2.24) is 0 Å². The third-order valence-electron chi connectivity index (χ3n) is 3.12. The first-order valence-electron chi connectivity index (χ1n) is 7.27. The number of ether oxygens (including phenoxy) is 2. The van der Waals surface area contributed by atoms with E-state index in [0.717, 1.165) is 12.8 Å². The number of rotatable bonds is 9. The molecule has 0 fully saturated rings. The Morgan fingerprint density at radius 2 is 1.85 bits per heavy atom. The van der Waals surface area contributed by atoms with Gasteiger partial charge in [-0.05, 0) is 51.4 Å². The molecule has 1 unspecified atom stereocenters. The lowest BCUT2D eigenvalue weighted by molar-refractivity contribution is 0.0922. The van der Waals surface area contributed by atoms with Crippen molar-refractivity contribution in [2.75, 3.05) is 19.8 Å². The lowest BCUT2D eigenvalue weighted by Crippen LogP contribution is -2.13. The molecule has 1 atom stereocenters. The molecule has 0 aliphatic carbocycles. The number of hydrogen-bond acceptors (Lipinski definition) is 4. The molecule has 4 nitrogen and oxygen atoms in total. The van der Waals surface area contributed by atoms with Gasteiger partial charge in [-0.1, -0.05) is 6.92 Å². The Morgan fingerprint density at radius 3 is 2.45 bits per heavy atom. The van der Waals surface area contributed by atoms with Crippen LogP contribution >= 0.6 is 0 Å². The highest BCUT2D eigenvalue weighted by molar-refractivity contribution is 5.98. The second-order valence-electron chi connectivity index (χ2n) is 4.72. The minimum atomic E-state index is -0.0222. The van der Waals surface area contributed by atoms with E-state index in [1.54, 1.807) is 18.2 Å². The summed E-state index contributed by atoms with van der Waals surface area (Å²) >= 11 is 0. The van der Waals surface area contributed by atoms with Crippen molar-refractivity contribution in [3.8, 4) is 11.5 Å². The number of carbonyl (C=O) groups is 1. The van der Waals surface area contributed by atoms with Crippen molar-refractivity contribution < 1.29 is 14.3 Å². The summed E-state index contributed by atoms with van der Waals surface area (Å²) in [5.41, 5.74) is 6.15. The van der Waals surface area contributed by atoms with Gasteiger partial charge in [0, 0.05) is 11.5 Å². The summed E-state index contributed by atoms with van der Waals surface area (Å²) in [4.78, 5) is 12.3. The van der Waals surface area contributed by atoms with Gasteiger partial charge in [0.25, 0.3) is 0 Å². The molecule has 20 heavy (non-hydrogen) atoms. The standard InChI is InChI=1S/C16H25NO3/c1-4-19-14-9-8-13(11-15(14)20-5-2)16(18)12(3)7-6-10-17/h8-9,11-12H,4-7,10,17H2,1-3H3. The molecule has 0 radical (unpaired) electrons. The van der Waals surface area contributed by atoms with Gasteiger partial charge in [0.1, 0.15) is 0 Å². The molecule has 1 aromatic rings. The highest BCUT2D eigenvalue weighted by Crippen LogP contribution is 2.29. The Hall–Kier alpha value is -1.55. The summed E-state index contributed by atoms with van der Waals surface area (Å²) in [6.07, 6.45) is 1.68. The van der Waals surface area contributed by atoms with Crippen LogP contribution < -0.4 is 15.2 Å². The second-order valence-corrected chi connectivity index (χ2v) is 4.72. The predicted octanol–water partition coefficient (Wildman–Crippen LogP) is 3.04. The third-order valence-corrected chi connectivity index (χ3v) is 3.12. The van der Waals surface area contributed by atoms with E-state index in [2.05, 4.69) is 0 Å². The van der Waals surface area contributed by atoms with Crippen molar-refractivity contribution >= 4 is 5.78 Å². The van der Waals surface area contributed by atoms with E-state index in [4.69, 9.17) is 15.2 Å². The van der Waals surface area contributed by atoms with Crippen molar-refractivity contribution in [2.45, 2.75) is 33.6 Å². The Bertz CT molecular complexity index is 432. The monoisotopic (exact) mass is 279 g/mol. The molecule has 1 rings (SSSR count). The van der Waals surface area contributed by atoms with Crippen molar-refractivity contribution in [1.29, 1.82) is 0 Å². The molecule has 0 aromatic heterocycles. The Kier molecular flexibility index (Phi) is 7.09. The quantitative estimate of drug-likeness (QED) is 0.706. The molecule has 2 N–H and O–H groups in total. The summed E-state index contributed by atoms with van der Waals surface area (Å²) in [5, 5.41) is 0. The highest BCUT2D eigenvalue weighted by Gasteiger charge is 2.17. The van der Waals surface area contributed by atoms with E-state index in [1.807, 2.05) is 20.8 Å². The number of Topliss-reactive ketones (excluding diaryl/α,β-unsaturated/α-hetero) is 1. The van der Waals surface area contributed by atoms with Crippen LogP contribution in [0.2, 0.25) is 0 Å². The van der Waals surface area contributed by atoms with Crippen molar-refractivity contribution in [3.05, 3.63) is 23.8 Å². The summed E-state index contributed by atoms with van der Waals surface area (Å²) in [6, 6.07) is 5.38. The van der Waals surface area contributed by atoms with Gasteiger partial charge >= 0.3 is 0 Å². The van der Waals surface area contributed by atoms with Crippen LogP contribution in [0.15, 0.2) is 18.2 Å². The lowest BCUT2D eigenvalue weighted by Gasteiger charge is -2.14. The molecule has 1 aromatic carbocycles. The van der Waals surface area contributed by atoms with E-state index in [0.29, 0.717) is 36.8 Å². The molecule has 0 aliphatic heterocycles. The maximum absolute atomic E-state index is 12.3. The van der Waals surface area contributed by atoms with Crippen LogP contribution in [-0.2, 0) is 0 Å². The topological polar surface area (TPSA) is 61.5 Å². The first kappa shape index (κ1) is 16.5. The molecule has 112 valence electrons. The molecule has 4 heteroatoms. The van der Waals surface area contributed by atoms with Gasteiger partial charge in [0.2, 0.25) is 0 Å². The summed E-state index contributed by atoms with van der Waals surface area (Å²) in [5.74, 6) is 1.42. The summed E-state index contributed by atoms with van der Waals surface area (Å²) < 4.78 is 11.0. The van der Waals surface area contributed by atoms with Gasteiger partial charge in [-0.3, -0.25) is 4.79 Å². The molecule has 0 saturated heterocycles. The van der Waals surface area contributed by atoms with Gasteiger partial charge in [-0.2, -0.15) is 0 Å². The predicted molar refractivity (Wildman–Crippen MR) is 80.6 cm³/mol. The van der Waals surface area contributed by atoms with Gasteiger partial charge in [0.05, 0.1) is 13.2 Å². The number of ketones is 1. The van der Waals surface area contributed by atoms with Crippen LogP contribution in [-0.4, -0.2) is 25.5 Å². The van der Waals surface area contributed by atoms with E-state index in [-0.39, 0.29) is 11.7 Å². The SMILES string of the molecule is CCOc1ccc(C(=O)C(C)CCCN)cc1OCC. The van der Waals surface area contributed by atoms with Crippen LogP contribution in [0.1, 0.15) is 44.0 Å². The molecule has 0 amide bonds. The fourth-order valence-corrected chi connectivity index (χ4v) is 2.04. The van der Waals surface area contributed by atoms with Crippen LogP contribution in [0.25, 0.3) is 0 Å². The average Bonchev–Trinajstić information content (AvgIpc) is 2.46. The zero-order chi connectivity index (χ0) is 15.0. The summed E-state index contributed by atoms with van der Waals surface area (Å²) in [7, 11) is 0. The van der Waals surface area contributed by atoms with Crippen LogP contribution in [0.3, 0.4) is 0 Å². The van der Waals surface area contributed by atoms with Gasteiger partial charge < -0.3 is 15.2 Å². The Labute approximate surface area is 121 Å². The smallest absolute Gasteiger partial charge is 0.165 e. The lowest BCUT2D eigenvalue weighted by atomic mass is 9.95. The van der Waals surface area contributed by atoms with Gasteiger partial charge in [0.15, 0.2) is 17.3 Å². The largest absolute Gasteiger partial charge is 0.490 e. The number of nitrogens with two attached hydrogens (primary N) is 1. The zero-order valence-electron chi connectivity index (χ0n) is 12.6. The van der Waals surface area contributed by atoms with Crippen molar-refractivity contribution in [2.24, 2.45) is 11.7 Å². The van der Waals surface area contributed by atoms with Gasteiger partial charge in [-0.25, -0.2) is 0 Å². The van der Waals surface area contributed by atoms with Crippen LogP contribution in [0.5, 0.6) is 11.5 Å². The maximum Gasteiger partial charge on any atom is 0.165 e. The van der Waals surface area contributed by atoms with E-state index in [1.165, 1.54) is 0 Å². The first-order valence-corrected chi connectivity index (χ1v) is 7.27. The number of hydrogen-bond donors (Lipinski definition) is 1. The summed E-state index contributed by atoms with van der Waals surface area (Å²) in [6.45, 7) is 7.50. The molecule has 0 bridgehead atoms. The number of carbonyl (C=O) groups excluding carboxylic acids is 1. The van der Waals surface area contributed by atoms with Crippen molar-refractivity contribution in [3.63, 3.8) is 0 Å². The second kappa shape index (κ2) is 8.59. The molecule has 0 heterocycles. The van der Waals surface area contributed by atoms with Gasteiger partial charge in [-0.15, -0.1) is 0 Å². The van der Waals surface area contributed by atoms with Crippen LogP contribution in [0.4, 0.5) is 0 Å². The van der Waals surface area contributed by atoms with Crippen LogP contribution in [0, 0.1) is 5.92 Å². The Balaban J connectivity index is 2.89. The normalized spacial score (nSPS) is 12.0. The van der Waals surface area contributed by atoms with E-state index < -0.39 is 0 Å². The molecule has 0 aliphatic rings. The third kappa shape index (κ3) is 4.53. The molecule has 0 spiro atoms. The highest BCUT2D eigenvalue weighted by atomic mass is 16.5. The minimum Gasteiger partial charge on any atom is -0.490 e. The average molecular weight is 279 g/mol. The Morgan fingerprint density at radius 1 is 1.20 bits per heavy atom. The van der Waals surface area contributed by atoms with E-state index >= 15 is 0 Å².